The third kappa shape index (κ3) is 6.35. The van der Waals surface area contributed by atoms with Gasteiger partial charge < -0.3 is 10.1 Å². The summed E-state index contributed by atoms with van der Waals surface area (Å²) in [6, 6.07) is -1.63. The fourth-order valence-electron chi connectivity index (χ4n) is 0.972. The highest BCUT2D eigenvalue weighted by Gasteiger charge is 2.20. The van der Waals surface area contributed by atoms with Gasteiger partial charge in [0.1, 0.15) is 0 Å². The number of halogens is 2. The topological polar surface area (TPSA) is 50.4 Å². The number of rotatable bonds is 7. The van der Waals surface area contributed by atoms with Crippen molar-refractivity contribution < 1.29 is 18.3 Å². The molecule has 2 atom stereocenters. The molecule has 0 spiro atoms. The summed E-state index contributed by atoms with van der Waals surface area (Å²) >= 11 is 0. The first-order valence-electron chi connectivity index (χ1n) is 4.80. The van der Waals surface area contributed by atoms with E-state index in [-0.39, 0.29) is 5.91 Å². The second-order valence-electron chi connectivity index (χ2n) is 3.30. The lowest BCUT2D eigenvalue weighted by Gasteiger charge is -2.18. The number of alkyl halides is 2. The quantitative estimate of drug-likeness (QED) is 0.615. The molecular formula is C9H18F2N2O2. The van der Waals surface area contributed by atoms with E-state index < -0.39 is 18.5 Å². The number of nitrogens with one attached hydrogen (secondary N) is 2. The van der Waals surface area contributed by atoms with Crippen molar-refractivity contribution in [3.63, 3.8) is 0 Å². The van der Waals surface area contributed by atoms with Crippen molar-refractivity contribution in [1.29, 1.82) is 0 Å². The van der Waals surface area contributed by atoms with Gasteiger partial charge in [-0.1, -0.05) is 0 Å². The Morgan fingerprint density at radius 1 is 1.40 bits per heavy atom. The van der Waals surface area contributed by atoms with Gasteiger partial charge in [-0.05, 0) is 13.8 Å². The van der Waals surface area contributed by atoms with Crippen molar-refractivity contribution in [2.45, 2.75) is 32.4 Å². The molecule has 0 aliphatic heterocycles. The number of carbonyl (C=O) groups excluding carboxylic acids is 1. The maximum atomic E-state index is 12.1. The molecule has 0 radical (unpaired) electrons. The maximum Gasteiger partial charge on any atom is 0.253 e. The minimum absolute atomic E-state index is 0.306. The number of methoxy groups -OCH3 is 1. The van der Waals surface area contributed by atoms with Crippen LogP contribution in [-0.2, 0) is 9.53 Å². The van der Waals surface area contributed by atoms with Crippen LogP contribution in [0.2, 0.25) is 0 Å². The average molecular weight is 224 g/mol. The molecule has 2 unspecified atom stereocenters. The van der Waals surface area contributed by atoms with Gasteiger partial charge in [0, 0.05) is 13.7 Å². The zero-order valence-electron chi connectivity index (χ0n) is 9.22. The summed E-state index contributed by atoms with van der Waals surface area (Å²) < 4.78 is 29.0. The molecule has 0 aromatic rings. The van der Waals surface area contributed by atoms with Gasteiger partial charge in [-0.15, -0.1) is 0 Å². The molecule has 0 saturated heterocycles. The molecule has 15 heavy (non-hydrogen) atoms. The van der Waals surface area contributed by atoms with E-state index in [4.69, 9.17) is 4.74 Å². The van der Waals surface area contributed by atoms with Crippen molar-refractivity contribution in [3.05, 3.63) is 0 Å². The third-order valence-corrected chi connectivity index (χ3v) is 1.89. The molecule has 0 aromatic carbocycles. The van der Waals surface area contributed by atoms with Gasteiger partial charge in [0.2, 0.25) is 5.91 Å². The molecule has 0 saturated carbocycles. The fraction of sp³-hybridized carbons (Fsp3) is 0.889. The summed E-state index contributed by atoms with van der Waals surface area (Å²) in [6.45, 7) is 3.66. The van der Waals surface area contributed by atoms with Crippen LogP contribution >= 0.6 is 0 Å². The molecule has 0 aliphatic carbocycles. The maximum absolute atomic E-state index is 12.1. The number of carbonyl (C=O) groups is 1. The predicted octanol–water partition coefficient (Wildman–Crippen LogP) is 0.381. The van der Waals surface area contributed by atoms with Crippen molar-refractivity contribution >= 4 is 5.91 Å². The Bertz CT molecular complexity index is 191. The summed E-state index contributed by atoms with van der Waals surface area (Å²) in [6.07, 6.45) is -2.47. The molecule has 1 amide bonds. The number of ether oxygens (including phenoxy) is 1. The number of hydrogen-bond donors (Lipinski definition) is 2. The standard InChI is InChI=1S/C9H18F2N2O2/c1-6(8(10)11)13-7(2)9(14)12-4-5-15-3/h6-8,13H,4-5H2,1-3H3,(H,12,14). The van der Waals surface area contributed by atoms with Crippen molar-refractivity contribution in [2.75, 3.05) is 20.3 Å². The second-order valence-corrected chi connectivity index (χ2v) is 3.30. The number of hydrogen-bond acceptors (Lipinski definition) is 3. The van der Waals surface area contributed by atoms with Crippen molar-refractivity contribution in [3.8, 4) is 0 Å². The lowest BCUT2D eigenvalue weighted by atomic mass is 10.2. The SMILES string of the molecule is COCCNC(=O)C(C)NC(C)C(F)F. The minimum atomic E-state index is -2.47. The Balaban J connectivity index is 3.78. The van der Waals surface area contributed by atoms with Crippen LogP contribution in [0.5, 0.6) is 0 Å². The molecule has 0 aliphatic rings. The molecule has 6 heteroatoms. The lowest BCUT2D eigenvalue weighted by Crippen LogP contribution is -2.48. The Morgan fingerprint density at radius 3 is 2.47 bits per heavy atom. The van der Waals surface area contributed by atoms with E-state index in [1.807, 2.05) is 0 Å². The van der Waals surface area contributed by atoms with Crippen LogP contribution in [0.15, 0.2) is 0 Å². The Kier molecular flexibility index (Phi) is 7.15. The summed E-state index contributed by atoms with van der Waals surface area (Å²) in [5.74, 6) is -0.306. The summed E-state index contributed by atoms with van der Waals surface area (Å²) in [5.41, 5.74) is 0. The first-order valence-corrected chi connectivity index (χ1v) is 4.80. The van der Waals surface area contributed by atoms with Gasteiger partial charge in [0.25, 0.3) is 6.43 Å². The van der Waals surface area contributed by atoms with E-state index in [1.165, 1.54) is 14.0 Å². The smallest absolute Gasteiger partial charge is 0.253 e. The molecule has 0 bridgehead atoms. The molecule has 0 rings (SSSR count). The molecule has 0 fully saturated rings. The normalized spacial score (nSPS) is 15.1. The average Bonchev–Trinajstić information content (AvgIpc) is 2.17. The van der Waals surface area contributed by atoms with E-state index in [2.05, 4.69) is 10.6 Å². The first-order chi connectivity index (χ1) is 6.99. The Morgan fingerprint density at radius 2 is 2.00 bits per heavy atom. The largest absolute Gasteiger partial charge is 0.383 e. The summed E-state index contributed by atoms with van der Waals surface area (Å²) in [5, 5.41) is 5.06. The van der Waals surface area contributed by atoms with Gasteiger partial charge in [-0.25, -0.2) is 8.78 Å². The van der Waals surface area contributed by atoms with E-state index in [1.54, 1.807) is 6.92 Å². The number of amides is 1. The zero-order valence-corrected chi connectivity index (χ0v) is 9.22. The zero-order chi connectivity index (χ0) is 11.8. The highest BCUT2D eigenvalue weighted by molar-refractivity contribution is 5.81. The molecule has 90 valence electrons. The highest BCUT2D eigenvalue weighted by atomic mass is 19.3. The molecule has 0 aromatic heterocycles. The fourth-order valence-corrected chi connectivity index (χ4v) is 0.972. The van der Waals surface area contributed by atoms with E-state index >= 15 is 0 Å². The van der Waals surface area contributed by atoms with Crippen LogP contribution < -0.4 is 10.6 Å². The van der Waals surface area contributed by atoms with Gasteiger partial charge in [0.05, 0.1) is 18.7 Å². The van der Waals surface area contributed by atoms with Gasteiger partial charge in [-0.2, -0.15) is 0 Å². The lowest BCUT2D eigenvalue weighted by molar-refractivity contribution is -0.123. The van der Waals surface area contributed by atoms with Crippen molar-refractivity contribution in [1.82, 2.24) is 10.6 Å². The monoisotopic (exact) mass is 224 g/mol. The van der Waals surface area contributed by atoms with Gasteiger partial charge in [0.15, 0.2) is 0 Å². The first kappa shape index (κ1) is 14.2. The third-order valence-electron chi connectivity index (χ3n) is 1.89. The van der Waals surface area contributed by atoms with Crippen LogP contribution in [0.25, 0.3) is 0 Å². The Hall–Kier alpha value is -0.750. The van der Waals surface area contributed by atoms with E-state index in [0.29, 0.717) is 13.2 Å². The van der Waals surface area contributed by atoms with Crippen LogP contribution in [0.1, 0.15) is 13.8 Å². The second kappa shape index (κ2) is 7.53. The highest BCUT2D eigenvalue weighted by Crippen LogP contribution is 2.00. The summed E-state index contributed by atoms with van der Waals surface area (Å²) in [4.78, 5) is 11.3. The van der Waals surface area contributed by atoms with E-state index in [0.717, 1.165) is 0 Å². The van der Waals surface area contributed by atoms with Crippen LogP contribution in [0.3, 0.4) is 0 Å². The van der Waals surface area contributed by atoms with E-state index in [9.17, 15) is 13.6 Å². The van der Waals surface area contributed by atoms with Crippen LogP contribution in [0.4, 0.5) is 8.78 Å². The van der Waals surface area contributed by atoms with Crippen LogP contribution in [0, 0.1) is 0 Å². The molecule has 2 N–H and O–H groups in total. The molecule has 4 nitrogen and oxygen atoms in total. The van der Waals surface area contributed by atoms with Gasteiger partial charge in [-0.3, -0.25) is 10.1 Å². The molecule has 0 heterocycles. The van der Waals surface area contributed by atoms with Gasteiger partial charge >= 0.3 is 0 Å². The van der Waals surface area contributed by atoms with Crippen LogP contribution in [-0.4, -0.2) is 44.7 Å². The Labute approximate surface area is 88.4 Å². The minimum Gasteiger partial charge on any atom is -0.383 e. The predicted molar refractivity (Wildman–Crippen MR) is 52.9 cm³/mol. The van der Waals surface area contributed by atoms with Crippen molar-refractivity contribution in [2.24, 2.45) is 0 Å². The molecular weight excluding hydrogens is 206 g/mol. The summed E-state index contributed by atoms with van der Waals surface area (Å²) in [7, 11) is 1.52.